The molecule has 0 aromatic carbocycles. The van der Waals surface area contributed by atoms with Gasteiger partial charge < -0.3 is 4.57 Å². The van der Waals surface area contributed by atoms with Crippen LogP contribution >= 0.6 is 12.2 Å². The maximum atomic E-state index is 13.1. The van der Waals surface area contributed by atoms with Crippen molar-refractivity contribution in [2.24, 2.45) is 5.92 Å². The topological polar surface area (TPSA) is 33.6 Å². The van der Waals surface area contributed by atoms with Gasteiger partial charge in [0.05, 0.1) is 5.92 Å². The molecular formula is C12H18F3N3S. The molecule has 7 heteroatoms. The van der Waals surface area contributed by atoms with Crippen LogP contribution in [0.25, 0.3) is 0 Å². The zero-order valence-electron chi connectivity index (χ0n) is 11.0. The molecule has 0 bridgehead atoms. The second-order valence-corrected chi connectivity index (χ2v) is 5.78. The molecule has 3 nitrogen and oxygen atoms in total. The summed E-state index contributed by atoms with van der Waals surface area (Å²) in [5, 5.41) is 6.71. The van der Waals surface area contributed by atoms with Crippen LogP contribution in [0.1, 0.15) is 57.3 Å². The molecule has 1 saturated carbocycles. The summed E-state index contributed by atoms with van der Waals surface area (Å²) in [6.45, 7) is 3.81. The summed E-state index contributed by atoms with van der Waals surface area (Å²) in [4.78, 5) is 0. The summed E-state index contributed by atoms with van der Waals surface area (Å²) in [6.07, 6.45) is -2.01. The van der Waals surface area contributed by atoms with E-state index in [1.165, 1.54) is 0 Å². The van der Waals surface area contributed by atoms with E-state index in [2.05, 4.69) is 10.2 Å². The molecule has 1 aliphatic carbocycles. The third kappa shape index (κ3) is 2.85. The van der Waals surface area contributed by atoms with E-state index < -0.39 is 18.0 Å². The number of H-pyrrole nitrogens is 1. The molecule has 108 valence electrons. The van der Waals surface area contributed by atoms with Crippen LogP contribution in [0.2, 0.25) is 0 Å². The van der Waals surface area contributed by atoms with Gasteiger partial charge >= 0.3 is 6.18 Å². The molecule has 19 heavy (non-hydrogen) atoms. The van der Waals surface area contributed by atoms with Crippen LogP contribution in [0.4, 0.5) is 13.2 Å². The molecule has 1 heterocycles. The molecule has 2 atom stereocenters. The van der Waals surface area contributed by atoms with Crippen LogP contribution in [0, 0.1) is 10.7 Å². The fraction of sp³-hybridized carbons (Fsp3) is 0.833. The lowest BCUT2D eigenvalue weighted by Gasteiger charge is -2.32. The van der Waals surface area contributed by atoms with Crippen LogP contribution in [0.3, 0.4) is 0 Å². The van der Waals surface area contributed by atoms with Gasteiger partial charge in [0.2, 0.25) is 0 Å². The molecule has 1 fully saturated rings. The maximum Gasteiger partial charge on any atom is 0.392 e. The molecule has 0 amide bonds. The number of hydrogen-bond donors (Lipinski definition) is 1. The molecule has 0 spiro atoms. The standard InChI is InChI=1S/C12H18F3N3S/c1-7(2)18-10(16-17-11(18)19)8-5-3-4-6-9(8)12(13,14)15/h7-9H,3-6H2,1-2H3,(H,17,19). The molecule has 1 N–H and O–H groups in total. The Labute approximate surface area is 115 Å². The molecule has 0 aliphatic heterocycles. The van der Waals surface area contributed by atoms with E-state index in [0.29, 0.717) is 23.4 Å². The Morgan fingerprint density at radius 2 is 1.95 bits per heavy atom. The first kappa shape index (κ1) is 14.6. The predicted molar refractivity (Wildman–Crippen MR) is 68.6 cm³/mol. The minimum absolute atomic E-state index is 0.0112. The summed E-state index contributed by atoms with van der Waals surface area (Å²) < 4.78 is 41.5. The SMILES string of the molecule is CC(C)n1c(C2CCCCC2C(F)(F)F)n[nH]c1=S. The van der Waals surface area contributed by atoms with Crippen LogP contribution in [0.5, 0.6) is 0 Å². The number of nitrogens with zero attached hydrogens (tertiary/aromatic N) is 2. The minimum Gasteiger partial charge on any atom is -0.301 e. The lowest BCUT2D eigenvalue weighted by molar-refractivity contribution is -0.188. The molecule has 2 unspecified atom stereocenters. The predicted octanol–water partition coefficient (Wildman–Crippen LogP) is 4.36. The molecule has 0 saturated heterocycles. The number of aromatic nitrogens is 3. The van der Waals surface area contributed by atoms with Crippen molar-refractivity contribution in [1.82, 2.24) is 14.8 Å². The van der Waals surface area contributed by atoms with E-state index in [9.17, 15) is 13.2 Å². The Kier molecular flexibility index (Phi) is 4.03. The van der Waals surface area contributed by atoms with E-state index in [1.54, 1.807) is 4.57 Å². The van der Waals surface area contributed by atoms with Crippen LogP contribution in [-0.2, 0) is 0 Å². The van der Waals surface area contributed by atoms with Gasteiger partial charge in [-0.3, -0.25) is 5.10 Å². The Hall–Kier alpha value is -0.850. The first-order valence-corrected chi connectivity index (χ1v) is 6.96. The average molecular weight is 293 g/mol. The fourth-order valence-electron chi connectivity index (χ4n) is 2.91. The van der Waals surface area contributed by atoms with Crippen molar-refractivity contribution in [3.05, 3.63) is 10.6 Å². The van der Waals surface area contributed by atoms with E-state index >= 15 is 0 Å². The second kappa shape index (κ2) is 5.26. The highest BCUT2D eigenvalue weighted by Gasteiger charge is 2.47. The Morgan fingerprint density at radius 1 is 1.32 bits per heavy atom. The van der Waals surface area contributed by atoms with Gasteiger partial charge in [0.1, 0.15) is 5.82 Å². The number of nitrogens with one attached hydrogen (secondary N) is 1. The van der Waals surface area contributed by atoms with Gasteiger partial charge in [0.25, 0.3) is 0 Å². The molecule has 2 rings (SSSR count). The third-order valence-electron chi connectivity index (χ3n) is 3.77. The van der Waals surface area contributed by atoms with Crippen LogP contribution < -0.4 is 0 Å². The van der Waals surface area contributed by atoms with Gasteiger partial charge in [-0.2, -0.15) is 18.3 Å². The van der Waals surface area contributed by atoms with Crippen LogP contribution in [0.15, 0.2) is 0 Å². The van der Waals surface area contributed by atoms with Crippen molar-refractivity contribution < 1.29 is 13.2 Å². The highest BCUT2D eigenvalue weighted by molar-refractivity contribution is 7.71. The molecule has 0 radical (unpaired) electrons. The summed E-state index contributed by atoms with van der Waals surface area (Å²) >= 11 is 5.11. The smallest absolute Gasteiger partial charge is 0.301 e. The van der Waals surface area contributed by atoms with Crippen molar-refractivity contribution in [3.8, 4) is 0 Å². The monoisotopic (exact) mass is 293 g/mol. The van der Waals surface area contributed by atoms with Crippen molar-refractivity contribution in [1.29, 1.82) is 0 Å². The number of hydrogen-bond acceptors (Lipinski definition) is 2. The molecule has 1 aromatic rings. The average Bonchev–Trinajstić information content (AvgIpc) is 2.70. The van der Waals surface area contributed by atoms with E-state index in [4.69, 9.17) is 12.2 Å². The lowest BCUT2D eigenvalue weighted by Crippen LogP contribution is -2.33. The largest absolute Gasteiger partial charge is 0.392 e. The summed E-state index contributed by atoms with van der Waals surface area (Å²) in [5.41, 5.74) is 0. The third-order valence-corrected chi connectivity index (χ3v) is 4.05. The summed E-state index contributed by atoms with van der Waals surface area (Å²) in [5.74, 6) is -1.42. The molecular weight excluding hydrogens is 275 g/mol. The number of halogens is 3. The van der Waals surface area contributed by atoms with Gasteiger partial charge in [0, 0.05) is 12.0 Å². The number of rotatable bonds is 2. The van der Waals surface area contributed by atoms with Crippen molar-refractivity contribution in [3.63, 3.8) is 0 Å². The normalized spacial score (nSPS) is 24.9. The highest BCUT2D eigenvalue weighted by atomic mass is 32.1. The van der Waals surface area contributed by atoms with Crippen LogP contribution in [-0.4, -0.2) is 20.9 Å². The highest BCUT2D eigenvalue weighted by Crippen LogP contribution is 2.46. The Morgan fingerprint density at radius 3 is 2.53 bits per heavy atom. The zero-order valence-corrected chi connectivity index (χ0v) is 11.8. The van der Waals surface area contributed by atoms with Gasteiger partial charge in [-0.1, -0.05) is 12.8 Å². The van der Waals surface area contributed by atoms with E-state index in [1.807, 2.05) is 13.8 Å². The first-order valence-electron chi connectivity index (χ1n) is 6.56. The quantitative estimate of drug-likeness (QED) is 0.822. The Bertz CT molecular complexity index is 489. The fourth-order valence-corrected chi connectivity index (χ4v) is 3.26. The summed E-state index contributed by atoms with van der Waals surface area (Å²) in [7, 11) is 0. The van der Waals surface area contributed by atoms with Gasteiger partial charge in [-0.15, -0.1) is 0 Å². The van der Waals surface area contributed by atoms with Crippen molar-refractivity contribution >= 4 is 12.2 Å². The zero-order chi connectivity index (χ0) is 14.2. The van der Waals surface area contributed by atoms with Gasteiger partial charge in [-0.05, 0) is 38.9 Å². The lowest BCUT2D eigenvalue weighted by atomic mass is 9.78. The number of aromatic amines is 1. The maximum absolute atomic E-state index is 13.1. The summed E-state index contributed by atoms with van der Waals surface area (Å²) in [6, 6.07) is 0.0112. The first-order chi connectivity index (χ1) is 8.82. The van der Waals surface area contributed by atoms with E-state index in [-0.39, 0.29) is 12.5 Å². The number of alkyl halides is 3. The van der Waals surface area contributed by atoms with Crippen molar-refractivity contribution in [2.45, 2.75) is 57.7 Å². The minimum atomic E-state index is -4.17. The van der Waals surface area contributed by atoms with E-state index in [0.717, 1.165) is 6.42 Å². The molecule has 1 aliphatic rings. The Balaban J connectivity index is 2.41. The second-order valence-electron chi connectivity index (χ2n) is 5.39. The molecule has 1 aromatic heterocycles. The van der Waals surface area contributed by atoms with Gasteiger partial charge in [-0.25, -0.2) is 0 Å². The van der Waals surface area contributed by atoms with Crippen molar-refractivity contribution in [2.75, 3.05) is 0 Å². The van der Waals surface area contributed by atoms with Gasteiger partial charge in [0.15, 0.2) is 4.77 Å².